The van der Waals surface area contributed by atoms with Gasteiger partial charge >= 0.3 is 0 Å². The fourth-order valence-corrected chi connectivity index (χ4v) is 3.92. The lowest BCUT2D eigenvalue weighted by Gasteiger charge is -2.27. The van der Waals surface area contributed by atoms with E-state index in [4.69, 9.17) is 18.9 Å². The molecule has 0 saturated heterocycles. The Morgan fingerprint density at radius 3 is 1.64 bits per heavy atom. The van der Waals surface area contributed by atoms with Crippen LogP contribution in [0.15, 0.2) is 46.2 Å². The molecule has 0 amide bonds. The van der Waals surface area contributed by atoms with Crippen molar-refractivity contribution in [2.24, 2.45) is 0 Å². The SMILES string of the molecule is COCO[C@@H]1c2cccc(F)c2Sc2c(F)cccc2[C@H]1OCOC. The van der Waals surface area contributed by atoms with Crippen molar-refractivity contribution in [3.05, 3.63) is 59.2 Å². The van der Waals surface area contributed by atoms with Gasteiger partial charge in [0.15, 0.2) is 0 Å². The van der Waals surface area contributed by atoms with Gasteiger partial charge in [0, 0.05) is 25.3 Å². The van der Waals surface area contributed by atoms with Crippen LogP contribution in [-0.2, 0) is 18.9 Å². The molecule has 4 nitrogen and oxygen atoms in total. The van der Waals surface area contributed by atoms with Gasteiger partial charge in [-0.05, 0) is 12.1 Å². The van der Waals surface area contributed by atoms with Crippen molar-refractivity contribution < 1.29 is 27.7 Å². The van der Waals surface area contributed by atoms with Crippen LogP contribution in [0.1, 0.15) is 23.3 Å². The molecule has 0 aliphatic carbocycles. The van der Waals surface area contributed by atoms with Gasteiger partial charge in [-0.2, -0.15) is 0 Å². The number of fused-ring (bicyclic) bond motifs is 2. The summed E-state index contributed by atoms with van der Waals surface area (Å²) in [5.74, 6) is -0.870. The van der Waals surface area contributed by atoms with Crippen LogP contribution in [-0.4, -0.2) is 27.8 Å². The Morgan fingerprint density at radius 2 is 1.24 bits per heavy atom. The molecular formula is C18H18F2O4S. The Hall–Kier alpha value is -1.51. The van der Waals surface area contributed by atoms with E-state index in [2.05, 4.69) is 0 Å². The van der Waals surface area contributed by atoms with Gasteiger partial charge in [0.05, 0.1) is 9.79 Å². The van der Waals surface area contributed by atoms with Crippen LogP contribution in [0.5, 0.6) is 0 Å². The van der Waals surface area contributed by atoms with Gasteiger partial charge in [-0.3, -0.25) is 0 Å². The molecule has 134 valence electrons. The summed E-state index contributed by atoms with van der Waals surface area (Å²) in [5.41, 5.74) is 1.16. The van der Waals surface area contributed by atoms with Gasteiger partial charge in [0.25, 0.3) is 0 Å². The summed E-state index contributed by atoms with van der Waals surface area (Å²) >= 11 is 1.04. The number of hydrogen-bond donors (Lipinski definition) is 0. The molecule has 2 aromatic carbocycles. The smallest absolute Gasteiger partial charge is 0.147 e. The van der Waals surface area contributed by atoms with Crippen LogP contribution in [0.3, 0.4) is 0 Å². The molecule has 7 heteroatoms. The van der Waals surface area contributed by atoms with Crippen molar-refractivity contribution in [3.8, 4) is 0 Å². The van der Waals surface area contributed by atoms with Gasteiger partial charge in [-0.25, -0.2) is 8.78 Å². The zero-order valence-corrected chi connectivity index (χ0v) is 14.6. The number of halogens is 2. The fourth-order valence-electron chi connectivity index (χ4n) is 2.78. The Bertz CT molecular complexity index is 680. The minimum absolute atomic E-state index is 0.0111. The number of hydrogen-bond acceptors (Lipinski definition) is 5. The lowest BCUT2D eigenvalue weighted by atomic mass is 9.97. The minimum atomic E-state index is -0.670. The quantitative estimate of drug-likeness (QED) is 0.704. The number of rotatable bonds is 6. The predicted octanol–water partition coefficient (Wildman–Crippen LogP) is 4.45. The van der Waals surface area contributed by atoms with Gasteiger partial charge in [0.2, 0.25) is 0 Å². The van der Waals surface area contributed by atoms with Crippen LogP contribution in [0, 0.1) is 11.6 Å². The molecule has 0 fully saturated rings. The molecule has 2 aromatic rings. The molecular weight excluding hydrogens is 350 g/mol. The Labute approximate surface area is 149 Å². The molecule has 0 unspecified atom stereocenters. The predicted molar refractivity (Wildman–Crippen MR) is 88.3 cm³/mol. The molecule has 2 atom stereocenters. The van der Waals surface area contributed by atoms with Crippen molar-refractivity contribution in [3.63, 3.8) is 0 Å². The maximum absolute atomic E-state index is 14.5. The molecule has 0 N–H and O–H groups in total. The van der Waals surface area contributed by atoms with Crippen LogP contribution in [0.2, 0.25) is 0 Å². The normalized spacial score (nSPS) is 19.2. The molecule has 0 aromatic heterocycles. The monoisotopic (exact) mass is 368 g/mol. The van der Waals surface area contributed by atoms with Crippen LogP contribution in [0.25, 0.3) is 0 Å². The molecule has 1 heterocycles. The van der Waals surface area contributed by atoms with Crippen molar-refractivity contribution in [2.75, 3.05) is 27.8 Å². The Morgan fingerprint density at radius 1 is 0.800 bits per heavy atom. The van der Waals surface area contributed by atoms with Crippen LogP contribution in [0.4, 0.5) is 8.78 Å². The van der Waals surface area contributed by atoms with Crippen molar-refractivity contribution in [1.82, 2.24) is 0 Å². The van der Waals surface area contributed by atoms with E-state index < -0.39 is 23.8 Å². The Kier molecular flexibility index (Phi) is 6.03. The van der Waals surface area contributed by atoms with Crippen LogP contribution >= 0.6 is 11.8 Å². The van der Waals surface area contributed by atoms with E-state index in [1.807, 2.05) is 0 Å². The van der Waals surface area contributed by atoms with E-state index in [0.717, 1.165) is 11.8 Å². The van der Waals surface area contributed by atoms with Gasteiger partial charge in [-0.15, -0.1) is 0 Å². The van der Waals surface area contributed by atoms with E-state index in [-0.39, 0.29) is 13.6 Å². The summed E-state index contributed by atoms with van der Waals surface area (Å²) in [6, 6.07) is 9.37. The summed E-state index contributed by atoms with van der Waals surface area (Å²) in [4.78, 5) is 0.636. The molecule has 1 aliphatic heterocycles. The first kappa shape index (κ1) is 18.3. The van der Waals surface area contributed by atoms with Gasteiger partial charge in [0.1, 0.15) is 37.4 Å². The van der Waals surface area contributed by atoms with Crippen molar-refractivity contribution >= 4 is 11.8 Å². The second kappa shape index (κ2) is 8.25. The van der Waals surface area contributed by atoms with Crippen LogP contribution < -0.4 is 0 Å². The summed E-state index contributed by atoms with van der Waals surface area (Å²) in [7, 11) is 2.99. The lowest BCUT2D eigenvalue weighted by molar-refractivity contribution is -0.163. The van der Waals surface area contributed by atoms with Gasteiger partial charge < -0.3 is 18.9 Å². The highest BCUT2D eigenvalue weighted by Crippen LogP contribution is 2.49. The first-order valence-corrected chi connectivity index (χ1v) is 8.44. The second-order valence-electron chi connectivity index (χ2n) is 5.41. The van der Waals surface area contributed by atoms with E-state index in [0.29, 0.717) is 20.9 Å². The summed E-state index contributed by atoms with van der Waals surface area (Å²) in [6.07, 6.45) is -1.34. The molecule has 0 spiro atoms. The highest BCUT2D eigenvalue weighted by atomic mass is 32.2. The van der Waals surface area contributed by atoms with Gasteiger partial charge in [-0.1, -0.05) is 36.0 Å². The average molecular weight is 368 g/mol. The third-order valence-electron chi connectivity index (χ3n) is 3.82. The molecule has 0 saturated carbocycles. The highest BCUT2D eigenvalue weighted by molar-refractivity contribution is 7.99. The second-order valence-corrected chi connectivity index (χ2v) is 6.43. The Balaban J connectivity index is 2.17. The van der Waals surface area contributed by atoms with E-state index in [1.165, 1.54) is 26.4 Å². The van der Waals surface area contributed by atoms with Crippen molar-refractivity contribution in [2.45, 2.75) is 22.0 Å². The third-order valence-corrected chi connectivity index (χ3v) is 5.09. The molecule has 25 heavy (non-hydrogen) atoms. The lowest BCUT2D eigenvalue weighted by Crippen LogP contribution is -2.20. The largest absolute Gasteiger partial charge is 0.359 e. The first-order chi connectivity index (χ1) is 12.2. The summed E-state index contributed by atoms with van der Waals surface area (Å²) < 4.78 is 50.5. The van der Waals surface area contributed by atoms with E-state index in [9.17, 15) is 8.78 Å². The first-order valence-electron chi connectivity index (χ1n) is 7.63. The molecule has 0 bridgehead atoms. The molecule has 1 aliphatic rings. The fraction of sp³-hybridized carbons (Fsp3) is 0.333. The van der Waals surface area contributed by atoms with E-state index >= 15 is 0 Å². The zero-order valence-electron chi connectivity index (χ0n) is 13.8. The maximum Gasteiger partial charge on any atom is 0.147 e. The summed E-state index contributed by atoms with van der Waals surface area (Å²) in [5, 5.41) is 0. The number of ether oxygens (including phenoxy) is 4. The summed E-state index contributed by atoms with van der Waals surface area (Å²) in [6.45, 7) is -0.0223. The third kappa shape index (κ3) is 3.70. The highest BCUT2D eigenvalue weighted by Gasteiger charge is 2.36. The zero-order chi connectivity index (χ0) is 17.8. The maximum atomic E-state index is 14.5. The standard InChI is InChI=1S/C18H18F2O4S/c1-21-9-23-15-11-5-3-7-13(19)17(11)25-18-12(6-4-8-14(18)20)16(15)24-10-22-2/h3-8,15-16H,9-10H2,1-2H3/t15-,16-/m1/s1. The van der Waals surface area contributed by atoms with Crippen molar-refractivity contribution in [1.29, 1.82) is 0 Å². The minimum Gasteiger partial charge on any atom is -0.359 e. The number of methoxy groups -OCH3 is 2. The average Bonchev–Trinajstić information content (AvgIpc) is 2.74. The topological polar surface area (TPSA) is 36.9 Å². The molecule has 0 radical (unpaired) electrons. The number of benzene rings is 2. The van der Waals surface area contributed by atoms with E-state index in [1.54, 1.807) is 24.3 Å². The molecule has 3 rings (SSSR count).